The largest absolute Gasteiger partial charge is 0.355 e. The van der Waals surface area contributed by atoms with Crippen LogP contribution in [0.2, 0.25) is 0 Å². The molecule has 0 spiro atoms. The van der Waals surface area contributed by atoms with E-state index < -0.39 is 0 Å². The smallest absolute Gasteiger partial charge is 0.228 e. The standard InChI is InChI=1S/C26H28N4O2/c31-25(18-21-8-3-1-4-9-21)28-23-12-13-24(27-20-23)29-14-7-15-30(17-16-29)26(32)19-22-10-5-2-6-11-22/h1-6,8-13,20H,7,14-19H2,(H,28,31). The first kappa shape index (κ1) is 21.6. The number of pyridine rings is 1. The molecule has 6 heteroatoms. The van der Waals surface area contributed by atoms with Crippen LogP contribution in [0.4, 0.5) is 11.5 Å². The molecular formula is C26H28N4O2. The molecule has 1 N–H and O–H groups in total. The van der Waals surface area contributed by atoms with Crippen molar-refractivity contribution in [2.45, 2.75) is 19.3 Å². The van der Waals surface area contributed by atoms with Gasteiger partial charge < -0.3 is 15.1 Å². The molecule has 164 valence electrons. The third kappa shape index (κ3) is 5.94. The second kappa shape index (κ2) is 10.6. The molecule has 0 bridgehead atoms. The molecule has 3 aromatic rings. The first-order valence-electron chi connectivity index (χ1n) is 11.0. The van der Waals surface area contributed by atoms with Gasteiger partial charge in [0.05, 0.1) is 24.7 Å². The monoisotopic (exact) mass is 428 g/mol. The minimum absolute atomic E-state index is 0.0620. The first-order valence-corrected chi connectivity index (χ1v) is 11.0. The summed E-state index contributed by atoms with van der Waals surface area (Å²) in [5, 5.41) is 2.91. The maximum Gasteiger partial charge on any atom is 0.228 e. The first-order chi connectivity index (χ1) is 15.7. The summed E-state index contributed by atoms with van der Waals surface area (Å²) in [7, 11) is 0. The minimum atomic E-state index is -0.0620. The zero-order chi connectivity index (χ0) is 22.2. The van der Waals surface area contributed by atoms with Crippen LogP contribution < -0.4 is 10.2 Å². The summed E-state index contributed by atoms with van der Waals surface area (Å²) in [6.45, 7) is 3.04. The van der Waals surface area contributed by atoms with Crippen LogP contribution in [0.1, 0.15) is 17.5 Å². The SMILES string of the molecule is O=C(Cc1ccccc1)Nc1ccc(N2CCCN(C(=O)Cc3ccccc3)CC2)nc1. The molecule has 0 atom stereocenters. The Morgan fingerprint density at radius 3 is 2.12 bits per heavy atom. The summed E-state index contributed by atoms with van der Waals surface area (Å²) in [5.74, 6) is 0.971. The van der Waals surface area contributed by atoms with Crippen molar-refractivity contribution in [3.63, 3.8) is 0 Å². The lowest BCUT2D eigenvalue weighted by molar-refractivity contribution is -0.130. The number of benzene rings is 2. The molecular weight excluding hydrogens is 400 g/mol. The maximum atomic E-state index is 12.7. The van der Waals surface area contributed by atoms with Crippen LogP contribution in [-0.2, 0) is 22.4 Å². The van der Waals surface area contributed by atoms with Gasteiger partial charge in [-0.2, -0.15) is 0 Å². The lowest BCUT2D eigenvalue weighted by Crippen LogP contribution is -2.36. The van der Waals surface area contributed by atoms with Gasteiger partial charge in [0.1, 0.15) is 5.82 Å². The van der Waals surface area contributed by atoms with Crippen molar-refractivity contribution in [2.75, 3.05) is 36.4 Å². The number of rotatable bonds is 6. The van der Waals surface area contributed by atoms with Gasteiger partial charge in [0.25, 0.3) is 0 Å². The number of nitrogens with zero attached hydrogens (tertiary/aromatic N) is 3. The summed E-state index contributed by atoms with van der Waals surface area (Å²) in [6, 6.07) is 23.4. The molecule has 32 heavy (non-hydrogen) atoms. The van der Waals surface area contributed by atoms with Crippen molar-refractivity contribution in [1.82, 2.24) is 9.88 Å². The van der Waals surface area contributed by atoms with Gasteiger partial charge in [0.2, 0.25) is 11.8 Å². The number of hydrogen-bond donors (Lipinski definition) is 1. The van der Waals surface area contributed by atoms with E-state index in [0.29, 0.717) is 25.1 Å². The highest BCUT2D eigenvalue weighted by atomic mass is 16.2. The van der Waals surface area contributed by atoms with Gasteiger partial charge in [0.15, 0.2) is 0 Å². The molecule has 1 aliphatic rings. The zero-order valence-corrected chi connectivity index (χ0v) is 18.1. The number of carbonyl (C=O) groups is 2. The number of hydrogen-bond acceptors (Lipinski definition) is 4. The van der Waals surface area contributed by atoms with Crippen LogP contribution in [0.3, 0.4) is 0 Å². The lowest BCUT2D eigenvalue weighted by Gasteiger charge is -2.23. The van der Waals surface area contributed by atoms with Crippen LogP contribution in [-0.4, -0.2) is 47.9 Å². The third-order valence-electron chi connectivity index (χ3n) is 5.61. The Labute approximate surface area is 188 Å². The van der Waals surface area contributed by atoms with Gasteiger partial charge in [-0.15, -0.1) is 0 Å². The molecule has 0 saturated carbocycles. The second-order valence-electron chi connectivity index (χ2n) is 8.00. The molecule has 0 radical (unpaired) electrons. The Morgan fingerprint density at radius 2 is 1.47 bits per heavy atom. The van der Waals surface area contributed by atoms with Crippen LogP contribution in [0.25, 0.3) is 0 Å². The maximum absolute atomic E-state index is 12.7. The predicted octanol–water partition coefficient (Wildman–Crippen LogP) is 3.54. The van der Waals surface area contributed by atoms with Crippen molar-refractivity contribution >= 4 is 23.3 Å². The third-order valence-corrected chi connectivity index (χ3v) is 5.61. The van der Waals surface area contributed by atoms with Crippen LogP contribution in [0, 0.1) is 0 Å². The van der Waals surface area contributed by atoms with Gasteiger partial charge in [-0.25, -0.2) is 4.98 Å². The molecule has 0 unspecified atom stereocenters. The van der Waals surface area contributed by atoms with E-state index in [1.807, 2.05) is 77.7 Å². The second-order valence-corrected chi connectivity index (χ2v) is 8.00. The number of anilines is 2. The molecule has 6 nitrogen and oxygen atoms in total. The topological polar surface area (TPSA) is 65.5 Å². The Bertz CT molecular complexity index is 1020. The lowest BCUT2D eigenvalue weighted by atomic mass is 10.1. The number of amides is 2. The molecule has 1 aromatic heterocycles. The zero-order valence-electron chi connectivity index (χ0n) is 18.1. The van der Waals surface area contributed by atoms with Crippen molar-refractivity contribution in [2.24, 2.45) is 0 Å². The molecule has 1 saturated heterocycles. The van der Waals surface area contributed by atoms with Crippen molar-refractivity contribution in [3.05, 3.63) is 90.1 Å². The fourth-order valence-electron chi connectivity index (χ4n) is 3.91. The Kier molecular flexibility index (Phi) is 7.12. The van der Waals surface area contributed by atoms with E-state index in [2.05, 4.69) is 15.2 Å². The fourth-order valence-corrected chi connectivity index (χ4v) is 3.91. The van der Waals surface area contributed by atoms with E-state index in [4.69, 9.17) is 0 Å². The van der Waals surface area contributed by atoms with Gasteiger partial charge in [-0.3, -0.25) is 9.59 Å². The van der Waals surface area contributed by atoms with Gasteiger partial charge in [0, 0.05) is 26.2 Å². The molecule has 1 fully saturated rings. The van der Waals surface area contributed by atoms with E-state index >= 15 is 0 Å². The Hall–Kier alpha value is -3.67. The average molecular weight is 429 g/mol. The molecule has 0 aliphatic carbocycles. The molecule has 2 amide bonds. The number of nitrogens with one attached hydrogen (secondary N) is 1. The van der Waals surface area contributed by atoms with Crippen molar-refractivity contribution in [3.8, 4) is 0 Å². The highest BCUT2D eigenvalue weighted by Crippen LogP contribution is 2.17. The van der Waals surface area contributed by atoms with Crippen LogP contribution >= 0.6 is 0 Å². The number of carbonyl (C=O) groups excluding carboxylic acids is 2. The highest BCUT2D eigenvalue weighted by Gasteiger charge is 2.20. The Morgan fingerprint density at radius 1 is 0.781 bits per heavy atom. The summed E-state index contributed by atoms with van der Waals surface area (Å²) in [4.78, 5) is 33.7. The summed E-state index contributed by atoms with van der Waals surface area (Å²) in [6.07, 6.45) is 3.37. The number of aromatic nitrogens is 1. The average Bonchev–Trinajstić information content (AvgIpc) is 3.07. The van der Waals surface area contributed by atoms with E-state index in [1.54, 1.807) is 6.20 Å². The quantitative estimate of drug-likeness (QED) is 0.652. The van der Waals surface area contributed by atoms with Crippen LogP contribution in [0.15, 0.2) is 79.0 Å². The highest BCUT2D eigenvalue weighted by molar-refractivity contribution is 5.92. The predicted molar refractivity (Wildman–Crippen MR) is 127 cm³/mol. The van der Waals surface area contributed by atoms with Crippen LogP contribution in [0.5, 0.6) is 0 Å². The van der Waals surface area contributed by atoms with Gasteiger partial charge >= 0.3 is 0 Å². The molecule has 2 heterocycles. The molecule has 4 rings (SSSR count). The molecule has 2 aromatic carbocycles. The van der Waals surface area contributed by atoms with Gasteiger partial charge in [-0.1, -0.05) is 60.7 Å². The fraction of sp³-hybridized carbons (Fsp3) is 0.269. The van der Waals surface area contributed by atoms with Crippen molar-refractivity contribution < 1.29 is 9.59 Å². The summed E-state index contributed by atoms with van der Waals surface area (Å²) >= 11 is 0. The minimum Gasteiger partial charge on any atom is -0.355 e. The Balaban J connectivity index is 1.29. The normalized spacial score (nSPS) is 14.0. The van der Waals surface area contributed by atoms with E-state index in [0.717, 1.165) is 43.0 Å². The van der Waals surface area contributed by atoms with Crippen molar-refractivity contribution in [1.29, 1.82) is 0 Å². The van der Waals surface area contributed by atoms with E-state index in [1.165, 1.54) is 0 Å². The summed E-state index contributed by atoms with van der Waals surface area (Å²) in [5.41, 5.74) is 2.71. The summed E-state index contributed by atoms with van der Waals surface area (Å²) < 4.78 is 0. The van der Waals surface area contributed by atoms with E-state index in [-0.39, 0.29) is 11.8 Å². The van der Waals surface area contributed by atoms with Gasteiger partial charge in [-0.05, 0) is 29.7 Å². The van der Waals surface area contributed by atoms with E-state index in [9.17, 15) is 9.59 Å². The molecule has 1 aliphatic heterocycles.